The third-order valence-electron chi connectivity index (χ3n) is 4.70. The average Bonchev–Trinajstić information content (AvgIpc) is 2.98. The zero-order valence-corrected chi connectivity index (χ0v) is 17.4. The number of hydrogen-bond acceptors (Lipinski definition) is 5. The van der Waals surface area contributed by atoms with Crippen molar-refractivity contribution in [3.8, 4) is 0 Å². The molecule has 1 heterocycles. The van der Waals surface area contributed by atoms with E-state index in [-0.39, 0.29) is 50.3 Å². The zero-order valence-electron chi connectivity index (χ0n) is 17.4. The van der Waals surface area contributed by atoms with Gasteiger partial charge in [-0.2, -0.15) is 0 Å². The highest BCUT2D eigenvalue weighted by Gasteiger charge is 2.27. The maximum Gasteiger partial charge on any atom is 0.324 e. The fourth-order valence-corrected chi connectivity index (χ4v) is 3.15. The molecule has 158 valence electrons. The molecule has 0 unspecified atom stereocenters. The topological polar surface area (TPSA) is 105 Å². The maximum atomic E-state index is 12.3. The van der Waals surface area contributed by atoms with Gasteiger partial charge < -0.3 is 15.4 Å². The third-order valence-corrected chi connectivity index (χ3v) is 4.70. The van der Waals surface area contributed by atoms with E-state index in [1.54, 1.807) is 0 Å². The first-order chi connectivity index (χ1) is 13.7. The second kappa shape index (κ2) is 10.0. The van der Waals surface area contributed by atoms with Gasteiger partial charge in [0.25, 0.3) is 5.91 Å². The number of nitrogens with zero attached hydrogens (tertiary/aromatic N) is 1. The van der Waals surface area contributed by atoms with Crippen LogP contribution in [0.2, 0.25) is 0 Å². The van der Waals surface area contributed by atoms with Gasteiger partial charge in [0, 0.05) is 18.7 Å². The van der Waals surface area contributed by atoms with Crippen molar-refractivity contribution in [2.75, 3.05) is 25.0 Å². The third kappa shape index (κ3) is 6.04. The summed E-state index contributed by atoms with van der Waals surface area (Å²) in [7, 11) is 0. The molecule has 8 nitrogen and oxygen atoms in total. The summed E-state index contributed by atoms with van der Waals surface area (Å²) in [5.74, 6) is -0.794. The number of hydrogen-bond donors (Lipinski definition) is 2. The van der Waals surface area contributed by atoms with E-state index in [0.29, 0.717) is 0 Å². The molecule has 8 heteroatoms. The maximum absolute atomic E-state index is 12.3. The number of carbonyl (C=O) groups excluding carboxylic acids is 4. The number of esters is 1. The summed E-state index contributed by atoms with van der Waals surface area (Å²) in [6.07, 6.45) is 0.303. The Balaban J connectivity index is 1.84. The van der Waals surface area contributed by atoms with Crippen molar-refractivity contribution in [3.63, 3.8) is 0 Å². The summed E-state index contributed by atoms with van der Waals surface area (Å²) >= 11 is 0. The van der Waals surface area contributed by atoms with Crippen molar-refractivity contribution in [3.05, 3.63) is 29.3 Å². The lowest BCUT2D eigenvalue weighted by atomic mass is 9.92. The Bertz CT molecular complexity index is 746. The molecule has 1 aliphatic heterocycles. The molecule has 1 saturated heterocycles. The summed E-state index contributed by atoms with van der Waals surface area (Å²) in [5, 5.41) is 5.30. The van der Waals surface area contributed by atoms with Gasteiger partial charge in [-0.05, 0) is 29.4 Å². The summed E-state index contributed by atoms with van der Waals surface area (Å²) in [4.78, 5) is 48.2. The lowest BCUT2D eigenvalue weighted by Gasteiger charge is -2.20. The smallest absolute Gasteiger partial charge is 0.324 e. The minimum absolute atomic E-state index is 0.0142. The molecule has 1 aromatic rings. The molecule has 2 rings (SSSR count). The summed E-state index contributed by atoms with van der Waals surface area (Å²) in [5.41, 5.74) is 2.84. The summed E-state index contributed by atoms with van der Waals surface area (Å²) in [6, 6.07) is 5.49. The minimum Gasteiger partial charge on any atom is -0.456 e. The van der Waals surface area contributed by atoms with Crippen molar-refractivity contribution >= 4 is 29.5 Å². The predicted molar refractivity (Wildman–Crippen MR) is 109 cm³/mol. The lowest BCUT2D eigenvalue weighted by molar-refractivity contribution is -0.147. The lowest BCUT2D eigenvalue weighted by Crippen LogP contribution is -2.32. The van der Waals surface area contributed by atoms with E-state index in [4.69, 9.17) is 4.74 Å². The second-order valence-electron chi connectivity index (χ2n) is 7.64. The van der Waals surface area contributed by atoms with Gasteiger partial charge in [-0.25, -0.2) is 4.79 Å². The number of imide groups is 1. The van der Waals surface area contributed by atoms with Gasteiger partial charge >= 0.3 is 12.0 Å². The Kier molecular flexibility index (Phi) is 7.75. The number of nitrogens with one attached hydrogen (secondary N) is 2. The first kappa shape index (κ1) is 22.4. The van der Waals surface area contributed by atoms with Crippen LogP contribution in [0.25, 0.3) is 0 Å². The van der Waals surface area contributed by atoms with Crippen LogP contribution in [0.15, 0.2) is 18.2 Å². The van der Waals surface area contributed by atoms with Gasteiger partial charge in [0.05, 0.1) is 6.54 Å². The zero-order chi connectivity index (χ0) is 21.6. The van der Waals surface area contributed by atoms with E-state index in [0.717, 1.165) is 21.7 Å². The molecule has 0 spiro atoms. The number of rotatable bonds is 9. The fourth-order valence-electron chi connectivity index (χ4n) is 3.15. The molecule has 0 radical (unpaired) electrons. The van der Waals surface area contributed by atoms with Crippen LogP contribution in [0.5, 0.6) is 0 Å². The van der Waals surface area contributed by atoms with E-state index in [1.807, 2.05) is 18.2 Å². The Morgan fingerprint density at radius 3 is 2.28 bits per heavy atom. The fraction of sp³-hybridized carbons (Fsp3) is 0.524. The van der Waals surface area contributed by atoms with E-state index >= 15 is 0 Å². The summed E-state index contributed by atoms with van der Waals surface area (Å²) < 4.78 is 5.04. The molecule has 4 amide bonds. The average molecular weight is 403 g/mol. The van der Waals surface area contributed by atoms with Gasteiger partial charge in [0.2, 0.25) is 5.91 Å². The van der Waals surface area contributed by atoms with E-state index in [9.17, 15) is 19.2 Å². The first-order valence-electron chi connectivity index (χ1n) is 9.87. The van der Waals surface area contributed by atoms with E-state index in [1.165, 1.54) is 0 Å². The van der Waals surface area contributed by atoms with Crippen LogP contribution in [0.3, 0.4) is 0 Å². The standard InChI is InChI=1S/C21H29N3O5/c1-13(2)15-7-5-8-16(14(3)4)20(15)23-17(25)12-29-19(27)9-6-10-24-18(26)11-22-21(24)28/h5,7-8,13-14H,6,9-12H2,1-4H3,(H,22,28)(H,23,25). The van der Waals surface area contributed by atoms with Crippen LogP contribution >= 0.6 is 0 Å². The number of anilines is 1. The number of carbonyl (C=O) groups is 4. The van der Waals surface area contributed by atoms with Crippen molar-refractivity contribution in [1.29, 1.82) is 0 Å². The van der Waals surface area contributed by atoms with Crippen LogP contribution < -0.4 is 10.6 Å². The van der Waals surface area contributed by atoms with Gasteiger partial charge in [0.1, 0.15) is 0 Å². The van der Waals surface area contributed by atoms with Crippen molar-refractivity contribution in [2.24, 2.45) is 0 Å². The molecule has 2 N–H and O–H groups in total. The van der Waals surface area contributed by atoms with Crippen molar-refractivity contribution in [2.45, 2.75) is 52.4 Å². The first-order valence-corrected chi connectivity index (χ1v) is 9.87. The Hall–Kier alpha value is -2.90. The molecule has 29 heavy (non-hydrogen) atoms. The predicted octanol–water partition coefficient (Wildman–Crippen LogP) is 2.75. The summed E-state index contributed by atoms with van der Waals surface area (Å²) in [6.45, 7) is 7.97. The SMILES string of the molecule is CC(C)c1cccc(C(C)C)c1NC(=O)COC(=O)CCCN1C(=O)CNC1=O. The number of ether oxygens (including phenoxy) is 1. The minimum atomic E-state index is -0.548. The van der Waals surface area contributed by atoms with Crippen molar-refractivity contribution < 1.29 is 23.9 Å². The van der Waals surface area contributed by atoms with Crippen molar-refractivity contribution in [1.82, 2.24) is 10.2 Å². The van der Waals surface area contributed by atoms with Gasteiger partial charge in [-0.15, -0.1) is 0 Å². The highest BCUT2D eigenvalue weighted by Crippen LogP contribution is 2.32. The van der Waals surface area contributed by atoms with Crippen LogP contribution in [0.1, 0.15) is 63.5 Å². The molecule has 0 atom stereocenters. The molecule has 0 bridgehead atoms. The molecule has 0 aromatic heterocycles. The Labute approximate surface area is 171 Å². The molecular weight excluding hydrogens is 374 g/mol. The second-order valence-corrected chi connectivity index (χ2v) is 7.64. The van der Waals surface area contributed by atoms with Gasteiger partial charge in [0.15, 0.2) is 6.61 Å². The molecule has 1 fully saturated rings. The van der Waals surface area contributed by atoms with Crippen LogP contribution in [-0.2, 0) is 19.1 Å². The number of para-hydroxylation sites is 1. The van der Waals surface area contributed by atoms with Gasteiger partial charge in [-0.1, -0.05) is 45.9 Å². The molecular formula is C21H29N3O5. The molecule has 1 aromatic carbocycles. The largest absolute Gasteiger partial charge is 0.456 e. The van der Waals surface area contributed by atoms with E-state index < -0.39 is 17.9 Å². The number of urea groups is 1. The number of benzene rings is 1. The van der Waals surface area contributed by atoms with Crippen LogP contribution in [-0.4, -0.2) is 48.4 Å². The normalized spacial score (nSPS) is 13.8. The highest BCUT2D eigenvalue weighted by atomic mass is 16.5. The van der Waals surface area contributed by atoms with Gasteiger partial charge in [-0.3, -0.25) is 19.3 Å². The Morgan fingerprint density at radius 1 is 1.14 bits per heavy atom. The highest BCUT2D eigenvalue weighted by molar-refractivity contribution is 6.01. The molecule has 0 aliphatic carbocycles. The van der Waals surface area contributed by atoms with E-state index in [2.05, 4.69) is 38.3 Å². The monoisotopic (exact) mass is 403 g/mol. The van der Waals surface area contributed by atoms with Crippen LogP contribution in [0, 0.1) is 0 Å². The number of amides is 4. The Morgan fingerprint density at radius 2 is 1.76 bits per heavy atom. The quantitative estimate of drug-likeness (QED) is 0.487. The van der Waals surface area contributed by atoms with Crippen LogP contribution in [0.4, 0.5) is 10.5 Å². The molecule has 0 saturated carbocycles. The molecule has 1 aliphatic rings.